The first-order valence-corrected chi connectivity index (χ1v) is 10.1. The quantitative estimate of drug-likeness (QED) is 0.806. The van der Waals surface area contributed by atoms with Crippen molar-refractivity contribution in [1.29, 1.82) is 0 Å². The molecule has 1 N–H and O–H groups in total. The summed E-state index contributed by atoms with van der Waals surface area (Å²) in [4.78, 5) is 12.3. The van der Waals surface area contributed by atoms with Crippen LogP contribution < -0.4 is 14.4 Å². The molecule has 0 fully saturated rings. The van der Waals surface area contributed by atoms with Crippen molar-refractivity contribution in [3.05, 3.63) is 59.7 Å². The van der Waals surface area contributed by atoms with E-state index in [1.807, 2.05) is 38.1 Å². The lowest BCUT2D eigenvalue weighted by atomic mass is 10.1. The number of ether oxygens (including phenoxy) is 1. The number of carbonyl (C=O) groups excluding carboxylic acids is 1. The van der Waals surface area contributed by atoms with E-state index in [-0.39, 0.29) is 12.0 Å². The van der Waals surface area contributed by atoms with Crippen LogP contribution in [0.2, 0.25) is 0 Å². The first-order valence-electron chi connectivity index (χ1n) is 8.24. The van der Waals surface area contributed by atoms with Gasteiger partial charge in [-0.2, -0.15) is 0 Å². The number of rotatable bonds is 7. The third kappa shape index (κ3) is 5.49. The average molecular weight is 376 g/mol. The van der Waals surface area contributed by atoms with Gasteiger partial charge in [0, 0.05) is 19.2 Å². The van der Waals surface area contributed by atoms with E-state index in [1.165, 1.54) is 7.05 Å². The van der Waals surface area contributed by atoms with Crippen LogP contribution in [-0.2, 0) is 16.6 Å². The highest BCUT2D eigenvalue weighted by Crippen LogP contribution is 2.17. The highest BCUT2D eigenvalue weighted by atomic mass is 32.2. The Labute approximate surface area is 154 Å². The Morgan fingerprint density at radius 2 is 1.81 bits per heavy atom. The van der Waals surface area contributed by atoms with Crippen LogP contribution in [0.1, 0.15) is 29.8 Å². The zero-order chi connectivity index (χ0) is 19.3. The smallest absolute Gasteiger partial charge is 0.251 e. The fraction of sp³-hybridized carbons (Fsp3) is 0.316. The standard InChI is InChI=1S/C19H24N2O4S/c1-14(2)25-18-7-5-6-15(12-18)13-20-19(22)16-8-10-17(11-9-16)21(3)26(4,23)24/h5-12,14H,13H2,1-4H3,(H,20,22). The molecule has 26 heavy (non-hydrogen) atoms. The van der Waals surface area contributed by atoms with Crippen LogP contribution in [0.25, 0.3) is 0 Å². The Balaban J connectivity index is 2.00. The summed E-state index contributed by atoms with van der Waals surface area (Å²) in [5.74, 6) is 0.536. The van der Waals surface area contributed by atoms with Gasteiger partial charge in [0.25, 0.3) is 5.91 Å². The highest BCUT2D eigenvalue weighted by Gasteiger charge is 2.13. The minimum absolute atomic E-state index is 0.0865. The van der Waals surface area contributed by atoms with Crippen LogP contribution in [0, 0.1) is 0 Å². The van der Waals surface area contributed by atoms with Gasteiger partial charge in [0.15, 0.2) is 0 Å². The second-order valence-electron chi connectivity index (χ2n) is 6.27. The van der Waals surface area contributed by atoms with E-state index in [2.05, 4.69) is 5.32 Å². The van der Waals surface area contributed by atoms with Crippen LogP contribution in [0.3, 0.4) is 0 Å². The van der Waals surface area contributed by atoms with E-state index < -0.39 is 10.0 Å². The molecule has 0 saturated heterocycles. The predicted octanol–water partition coefficient (Wildman–Crippen LogP) is 2.80. The minimum atomic E-state index is -3.33. The van der Waals surface area contributed by atoms with Crippen molar-refractivity contribution in [3.63, 3.8) is 0 Å². The number of benzene rings is 2. The van der Waals surface area contributed by atoms with Gasteiger partial charge in [-0.05, 0) is 55.8 Å². The number of carbonyl (C=O) groups is 1. The van der Waals surface area contributed by atoms with Crippen molar-refractivity contribution in [2.45, 2.75) is 26.5 Å². The molecule has 0 aliphatic heterocycles. The lowest BCUT2D eigenvalue weighted by molar-refractivity contribution is 0.0951. The average Bonchev–Trinajstić information content (AvgIpc) is 2.58. The maximum Gasteiger partial charge on any atom is 0.251 e. The summed E-state index contributed by atoms with van der Waals surface area (Å²) < 4.78 is 29.9. The zero-order valence-corrected chi connectivity index (χ0v) is 16.2. The number of nitrogens with one attached hydrogen (secondary N) is 1. The summed E-state index contributed by atoms with van der Waals surface area (Å²) in [5, 5.41) is 2.85. The lowest BCUT2D eigenvalue weighted by Crippen LogP contribution is -2.25. The summed E-state index contributed by atoms with van der Waals surface area (Å²) in [5.41, 5.74) is 1.90. The maximum atomic E-state index is 12.3. The Morgan fingerprint density at radius 3 is 2.38 bits per heavy atom. The van der Waals surface area contributed by atoms with Crippen molar-refractivity contribution in [1.82, 2.24) is 5.32 Å². The van der Waals surface area contributed by atoms with Crippen LogP contribution in [0.4, 0.5) is 5.69 Å². The van der Waals surface area contributed by atoms with Crippen LogP contribution in [-0.4, -0.2) is 33.7 Å². The topological polar surface area (TPSA) is 75.7 Å². The molecule has 0 aromatic heterocycles. The molecule has 2 aromatic carbocycles. The Morgan fingerprint density at radius 1 is 1.15 bits per heavy atom. The van der Waals surface area contributed by atoms with Crippen LogP contribution >= 0.6 is 0 Å². The van der Waals surface area contributed by atoms with Crippen molar-refractivity contribution < 1.29 is 17.9 Å². The van der Waals surface area contributed by atoms with Gasteiger partial charge in [-0.3, -0.25) is 9.10 Å². The van der Waals surface area contributed by atoms with Crippen molar-refractivity contribution >= 4 is 21.6 Å². The van der Waals surface area contributed by atoms with Crippen molar-refractivity contribution in [2.75, 3.05) is 17.6 Å². The monoisotopic (exact) mass is 376 g/mol. The highest BCUT2D eigenvalue weighted by molar-refractivity contribution is 7.92. The Bertz CT molecular complexity index is 861. The van der Waals surface area contributed by atoms with Gasteiger partial charge in [-0.1, -0.05) is 12.1 Å². The summed E-state index contributed by atoms with van der Waals surface area (Å²) in [6.07, 6.45) is 1.22. The number of anilines is 1. The number of nitrogens with zero attached hydrogens (tertiary/aromatic N) is 1. The summed E-state index contributed by atoms with van der Waals surface area (Å²) in [7, 11) is -1.86. The molecule has 2 aromatic rings. The molecule has 6 nitrogen and oxygen atoms in total. The Hall–Kier alpha value is -2.54. The number of hydrogen-bond acceptors (Lipinski definition) is 4. The zero-order valence-electron chi connectivity index (χ0n) is 15.4. The summed E-state index contributed by atoms with van der Waals surface area (Å²) >= 11 is 0. The van der Waals surface area contributed by atoms with E-state index in [1.54, 1.807) is 24.3 Å². The predicted molar refractivity (Wildman–Crippen MR) is 103 cm³/mol. The molecule has 0 aliphatic rings. The largest absolute Gasteiger partial charge is 0.491 e. The molecule has 7 heteroatoms. The molecule has 0 saturated carbocycles. The van der Waals surface area contributed by atoms with Crippen molar-refractivity contribution in [3.8, 4) is 5.75 Å². The molecule has 0 radical (unpaired) electrons. The summed E-state index contributed by atoms with van der Waals surface area (Å²) in [6.45, 7) is 4.29. The van der Waals surface area contributed by atoms with Gasteiger partial charge >= 0.3 is 0 Å². The van der Waals surface area contributed by atoms with Gasteiger partial charge in [0.1, 0.15) is 5.75 Å². The maximum absolute atomic E-state index is 12.3. The SMILES string of the molecule is CC(C)Oc1cccc(CNC(=O)c2ccc(N(C)S(C)(=O)=O)cc2)c1. The number of amides is 1. The molecule has 0 aliphatic carbocycles. The molecule has 2 rings (SSSR count). The third-order valence-corrected chi connectivity index (χ3v) is 4.92. The molecule has 0 spiro atoms. The van der Waals surface area contributed by atoms with Gasteiger partial charge in [0.05, 0.1) is 18.0 Å². The fourth-order valence-corrected chi connectivity index (χ4v) is 2.80. The van der Waals surface area contributed by atoms with Gasteiger partial charge in [-0.25, -0.2) is 8.42 Å². The second kappa shape index (κ2) is 8.23. The molecular weight excluding hydrogens is 352 g/mol. The van der Waals surface area contributed by atoms with Gasteiger partial charge < -0.3 is 10.1 Å². The van der Waals surface area contributed by atoms with E-state index >= 15 is 0 Å². The molecule has 0 atom stereocenters. The normalized spacial score (nSPS) is 11.3. The van der Waals surface area contributed by atoms with Crippen LogP contribution in [0.15, 0.2) is 48.5 Å². The van der Waals surface area contributed by atoms with Gasteiger partial charge in [-0.15, -0.1) is 0 Å². The number of sulfonamides is 1. The third-order valence-electron chi connectivity index (χ3n) is 3.71. The van der Waals surface area contributed by atoms with E-state index in [4.69, 9.17) is 4.74 Å². The molecule has 0 heterocycles. The second-order valence-corrected chi connectivity index (χ2v) is 8.29. The van der Waals surface area contributed by atoms with Crippen molar-refractivity contribution in [2.24, 2.45) is 0 Å². The first-order chi connectivity index (χ1) is 12.2. The fourth-order valence-electron chi connectivity index (χ4n) is 2.30. The van der Waals surface area contributed by atoms with E-state index in [0.717, 1.165) is 21.9 Å². The number of hydrogen-bond donors (Lipinski definition) is 1. The Kier molecular flexibility index (Phi) is 6.26. The van der Waals surface area contributed by atoms with E-state index in [0.29, 0.717) is 17.8 Å². The van der Waals surface area contributed by atoms with Gasteiger partial charge in [0.2, 0.25) is 10.0 Å². The molecular formula is C19H24N2O4S. The molecule has 1 amide bonds. The lowest BCUT2D eigenvalue weighted by Gasteiger charge is -2.16. The minimum Gasteiger partial charge on any atom is -0.491 e. The summed E-state index contributed by atoms with van der Waals surface area (Å²) in [6, 6.07) is 14.0. The van der Waals surface area contributed by atoms with Crippen LogP contribution in [0.5, 0.6) is 5.75 Å². The van der Waals surface area contributed by atoms with E-state index in [9.17, 15) is 13.2 Å². The molecule has 0 bridgehead atoms. The first kappa shape index (κ1) is 19.8. The molecule has 140 valence electrons. The molecule has 0 unspecified atom stereocenters.